The molecule has 0 spiro atoms. The molecule has 2 aliphatic rings. The number of hydrogen-bond donors (Lipinski definition) is 2. The normalized spacial score (nSPS) is 28.5. The summed E-state index contributed by atoms with van der Waals surface area (Å²) in [4.78, 5) is 20.8. The van der Waals surface area contributed by atoms with Crippen molar-refractivity contribution < 1.29 is 9.53 Å². The summed E-state index contributed by atoms with van der Waals surface area (Å²) < 4.78 is 5.78. The zero-order chi connectivity index (χ0) is 15.5. The van der Waals surface area contributed by atoms with E-state index in [1.807, 2.05) is 13.0 Å². The number of carbonyl (C=O) groups is 1. The van der Waals surface area contributed by atoms with Gasteiger partial charge in [0.1, 0.15) is 0 Å². The van der Waals surface area contributed by atoms with Crippen molar-refractivity contribution in [2.45, 2.75) is 64.1 Å². The first-order chi connectivity index (χ1) is 10.7. The van der Waals surface area contributed by atoms with Gasteiger partial charge in [-0.25, -0.2) is 9.97 Å². The van der Waals surface area contributed by atoms with Crippen molar-refractivity contribution in [1.82, 2.24) is 15.3 Å². The predicted octanol–water partition coefficient (Wildman–Crippen LogP) is 1.59. The second kappa shape index (κ2) is 6.60. The predicted molar refractivity (Wildman–Crippen MR) is 83.7 cm³/mol. The molecule has 2 saturated heterocycles. The van der Waals surface area contributed by atoms with Gasteiger partial charge in [-0.2, -0.15) is 0 Å². The number of hydrogen-bond acceptors (Lipinski definition) is 5. The number of carbonyl (C=O) groups excluding carboxylic acids is 1. The fourth-order valence-electron chi connectivity index (χ4n) is 3.27. The van der Waals surface area contributed by atoms with Crippen LogP contribution in [0, 0.1) is 6.92 Å². The Morgan fingerprint density at radius 1 is 1.41 bits per heavy atom. The molecule has 6 nitrogen and oxygen atoms in total. The van der Waals surface area contributed by atoms with Crippen molar-refractivity contribution >= 4 is 11.9 Å². The highest BCUT2D eigenvalue weighted by Gasteiger charge is 2.37. The lowest BCUT2D eigenvalue weighted by Gasteiger charge is -2.36. The minimum Gasteiger partial charge on any atom is -0.376 e. The number of anilines is 1. The largest absolute Gasteiger partial charge is 0.376 e. The van der Waals surface area contributed by atoms with Gasteiger partial charge in [0, 0.05) is 24.4 Å². The van der Waals surface area contributed by atoms with Crippen molar-refractivity contribution in [3.8, 4) is 0 Å². The van der Waals surface area contributed by atoms with Gasteiger partial charge >= 0.3 is 0 Å². The van der Waals surface area contributed by atoms with Crippen LogP contribution in [0.5, 0.6) is 0 Å². The van der Waals surface area contributed by atoms with Crippen molar-refractivity contribution in [3.63, 3.8) is 0 Å². The summed E-state index contributed by atoms with van der Waals surface area (Å²) in [6.45, 7) is 4.85. The molecule has 0 bridgehead atoms. The summed E-state index contributed by atoms with van der Waals surface area (Å²) in [7, 11) is 0. The van der Waals surface area contributed by atoms with Crippen LogP contribution in [0.15, 0.2) is 6.07 Å². The molecule has 3 atom stereocenters. The third-order valence-electron chi connectivity index (χ3n) is 4.39. The molecule has 0 radical (unpaired) electrons. The molecule has 0 aromatic carbocycles. The van der Waals surface area contributed by atoms with Crippen molar-refractivity contribution in [3.05, 3.63) is 17.5 Å². The molecule has 1 amide bonds. The fourth-order valence-corrected chi connectivity index (χ4v) is 3.27. The van der Waals surface area contributed by atoms with E-state index in [4.69, 9.17) is 4.74 Å². The van der Waals surface area contributed by atoms with Crippen LogP contribution in [0.4, 0.5) is 5.95 Å². The second-order valence-corrected chi connectivity index (χ2v) is 6.11. The Morgan fingerprint density at radius 2 is 2.27 bits per heavy atom. The minimum absolute atomic E-state index is 0.00191. The van der Waals surface area contributed by atoms with Crippen molar-refractivity contribution in [2.24, 2.45) is 0 Å². The SMILES string of the molecule is CCc1cc(C)nc(N[C@@H]2CCC(=O)N[C@H]2C2CCCO2)n1. The van der Waals surface area contributed by atoms with Gasteiger partial charge in [0.25, 0.3) is 0 Å². The van der Waals surface area contributed by atoms with Crippen LogP contribution < -0.4 is 10.6 Å². The van der Waals surface area contributed by atoms with Crippen LogP contribution in [0.25, 0.3) is 0 Å². The number of aryl methyl sites for hydroxylation is 2. The fraction of sp³-hybridized carbons (Fsp3) is 0.688. The molecule has 1 aromatic rings. The van der Waals surface area contributed by atoms with Gasteiger partial charge in [-0.15, -0.1) is 0 Å². The first kappa shape index (κ1) is 15.2. The Labute approximate surface area is 131 Å². The molecule has 1 aromatic heterocycles. The van der Waals surface area contributed by atoms with Gasteiger partial charge in [0.15, 0.2) is 0 Å². The Morgan fingerprint density at radius 3 is 3.00 bits per heavy atom. The standard InChI is InChI=1S/C16H24N4O2/c1-3-11-9-10(2)17-16(18-11)19-12-6-7-14(21)20-15(12)13-5-4-8-22-13/h9,12-13,15H,3-8H2,1-2H3,(H,20,21)(H,17,18,19)/t12-,13?,15-/m1/s1. The molecular formula is C16H24N4O2. The van der Waals surface area contributed by atoms with E-state index in [1.54, 1.807) is 0 Å². The smallest absolute Gasteiger partial charge is 0.223 e. The number of nitrogens with one attached hydrogen (secondary N) is 2. The van der Waals surface area contributed by atoms with Gasteiger partial charge in [0.2, 0.25) is 11.9 Å². The average Bonchev–Trinajstić information content (AvgIpc) is 3.02. The molecule has 3 heterocycles. The van der Waals surface area contributed by atoms with E-state index in [-0.39, 0.29) is 24.1 Å². The molecule has 2 aliphatic heterocycles. The topological polar surface area (TPSA) is 76.1 Å². The van der Waals surface area contributed by atoms with Gasteiger partial charge in [0.05, 0.1) is 18.2 Å². The zero-order valence-corrected chi connectivity index (χ0v) is 13.3. The van der Waals surface area contributed by atoms with Gasteiger partial charge in [-0.05, 0) is 38.7 Å². The molecule has 22 heavy (non-hydrogen) atoms. The lowest BCUT2D eigenvalue weighted by atomic mass is 9.92. The third kappa shape index (κ3) is 3.38. The van der Waals surface area contributed by atoms with Crippen LogP contribution in [0.2, 0.25) is 0 Å². The first-order valence-corrected chi connectivity index (χ1v) is 8.18. The highest BCUT2D eigenvalue weighted by molar-refractivity contribution is 5.77. The Kier molecular flexibility index (Phi) is 4.57. The van der Waals surface area contributed by atoms with Crippen molar-refractivity contribution in [2.75, 3.05) is 11.9 Å². The maximum Gasteiger partial charge on any atom is 0.223 e. The van der Waals surface area contributed by atoms with Crippen molar-refractivity contribution in [1.29, 1.82) is 0 Å². The van der Waals surface area contributed by atoms with E-state index in [1.165, 1.54) is 0 Å². The monoisotopic (exact) mass is 304 g/mol. The molecular weight excluding hydrogens is 280 g/mol. The molecule has 3 rings (SSSR count). The van der Waals surface area contributed by atoms with Crippen LogP contribution in [-0.2, 0) is 16.0 Å². The molecule has 2 fully saturated rings. The second-order valence-electron chi connectivity index (χ2n) is 6.11. The summed E-state index contributed by atoms with van der Waals surface area (Å²) >= 11 is 0. The highest BCUT2D eigenvalue weighted by atomic mass is 16.5. The highest BCUT2D eigenvalue weighted by Crippen LogP contribution is 2.24. The number of rotatable bonds is 4. The van der Waals surface area contributed by atoms with Gasteiger partial charge in [-0.3, -0.25) is 4.79 Å². The van der Waals surface area contributed by atoms with Gasteiger partial charge < -0.3 is 15.4 Å². The summed E-state index contributed by atoms with van der Waals surface area (Å²) in [6.07, 6.45) is 4.36. The summed E-state index contributed by atoms with van der Waals surface area (Å²) in [5.74, 6) is 0.763. The Hall–Kier alpha value is -1.69. The number of nitrogens with zero attached hydrogens (tertiary/aromatic N) is 2. The van der Waals surface area contributed by atoms with E-state index in [2.05, 4.69) is 27.5 Å². The summed E-state index contributed by atoms with van der Waals surface area (Å²) in [6, 6.07) is 2.12. The first-order valence-electron chi connectivity index (χ1n) is 8.18. The van der Waals surface area contributed by atoms with Crippen LogP contribution >= 0.6 is 0 Å². The van der Waals surface area contributed by atoms with Crippen LogP contribution in [-0.4, -0.2) is 40.7 Å². The molecule has 0 saturated carbocycles. The molecule has 2 N–H and O–H groups in total. The quantitative estimate of drug-likeness (QED) is 0.883. The third-order valence-corrected chi connectivity index (χ3v) is 4.39. The molecule has 6 heteroatoms. The average molecular weight is 304 g/mol. The summed E-state index contributed by atoms with van der Waals surface area (Å²) in [5.41, 5.74) is 1.99. The lowest BCUT2D eigenvalue weighted by molar-refractivity contribution is -0.124. The Bertz CT molecular complexity index is 543. The van der Waals surface area contributed by atoms with Crippen LogP contribution in [0.1, 0.15) is 44.0 Å². The minimum atomic E-state index is -0.00191. The summed E-state index contributed by atoms with van der Waals surface area (Å²) in [5, 5.41) is 6.52. The van der Waals surface area contributed by atoms with E-state index in [0.717, 1.165) is 43.7 Å². The number of ether oxygens (including phenoxy) is 1. The zero-order valence-electron chi connectivity index (χ0n) is 13.3. The number of piperidine rings is 1. The van der Waals surface area contributed by atoms with E-state index in [9.17, 15) is 4.79 Å². The Balaban J connectivity index is 1.76. The maximum atomic E-state index is 11.8. The molecule has 0 aliphatic carbocycles. The van der Waals surface area contributed by atoms with E-state index in [0.29, 0.717) is 12.4 Å². The number of aromatic nitrogens is 2. The lowest BCUT2D eigenvalue weighted by Crippen LogP contribution is -2.57. The van der Waals surface area contributed by atoms with Crippen LogP contribution in [0.3, 0.4) is 0 Å². The number of amides is 1. The van der Waals surface area contributed by atoms with E-state index < -0.39 is 0 Å². The van der Waals surface area contributed by atoms with Gasteiger partial charge in [-0.1, -0.05) is 6.92 Å². The molecule has 120 valence electrons. The molecule has 1 unspecified atom stereocenters. The maximum absolute atomic E-state index is 11.8. The van der Waals surface area contributed by atoms with E-state index >= 15 is 0 Å².